The summed E-state index contributed by atoms with van der Waals surface area (Å²) in [6.07, 6.45) is 1.38. The summed E-state index contributed by atoms with van der Waals surface area (Å²) in [4.78, 5) is 25.8. The van der Waals surface area contributed by atoms with Gasteiger partial charge in [-0.1, -0.05) is 77.9 Å². The number of hydrogen-bond acceptors (Lipinski definition) is 7. The molecule has 0 bridgehead atoms. The van der Waals surface area contributed by atoms with Gasteiger partial charge in [0.2, 0.25) is 0 Å². The molecular formula is C57H74F6N2O6. The summed E-state index contributed by atoms with van der Waals surface area (Å²) in [5.74, 6) is 0.758. The number of benzene rings is 4. The maximum absolute atomic E-state index is 14.2. The summed E-state index contributed by atoms with van der Waals surface area (Å²) in [6.45, 7) is 14.4. The lowest BCUT2D eigenvalue weighted by Crippen LogP contribution is -2.44. The number of likely N-dealkylation sites (tertiary alicyclic amines) is 2. The third-order valence-corrected chi connectivity index (χ3v) is 16.0. The van der Waals surface area contributed by atoms with Crippen LogP contribution in [0.15, 0.2) is 72.8 Å². The van der Waals surface area contributed by atoms with Crippen molar-refractivity contribution in [1.82, 2.24) is 9.80 Å². The van der Waals surface area contributed by atoms with Crippen molar-refractivity contribution in [1.29, 1.82) is 0 Å². The Bertz CT molecular complexity index is 2410. The van der Waals surface area contributed by atoms with Gasteiger partial charge in [0.1, 0.15) is 23.6 Å². The van der Waals surface area contributed by atoms with Crippen LogP contribution in [-0.2, 0) is 14.3 Å². The maximum Gasteiger partial charge on any atom is 0.408 e. The van der Waals surface area contributed by atoms with Crippen LogP contribution in [0.25, 0.3) is 21.5 Å². The highest BCUT2D eigenvalue weighted by Gasteiger charge is 2.47. The maximum atomic E-state index is 14.2. The topological polar surface area (TPSA) is 88.5 Å². The Morgan fingerprint density at radius 2 is 0.845 bits per heavy atom. The van der Waals surface area contributed by atoms with Gasteiger partial charge in [0.25, 0.3) is 0 Å². The van der Waals surface area contributed by atoms with Crippen molar-refractivity contribution in [2.75, 3.05) is 33.3 Å². The Hall–Kier alpha value is -4.56. The molecular weight excluding hydrogens is 923 g/mol. The molecule has 1 N–H and O–H groups in total. The van der Waals surface area contributed by atoms with Gasteiger partial charge in [-0.25, -0.2) is 0 Å². The number of carbonyl (C=O) groups excluding carboxylic acids is 1. The van der Waals surface area contributed by atoms with E-state index in [-0.39, 0.29) is 74.2 Å². The third kappa shape index (κ3) is 13.9. The van der Waals surface area contributed by atoms with Gasteiger partial charge < -0.3 is 19.3 Å². The van der Waals surface area contributed by atoms with Crippen molar-refractivity contribution < 1.29 is 55.2 Å². The van der Waals surface area contributed by atoms with Gasteiger partial charge in [0.15, 0.2) is 0 Å². The lowest BCUT2D eigenvalue weighted by atomic mass is 9.72. The molecule has 2 aliphatic heterocycles. The van der Waals surface area contributed by atoms with Crippen molar-refractivity contribution in [2.24, 2.45) is 34.5 Å². The lowest BCUT2D eigenvalue weighted by molar-refractivity contribution is -0.191. The number of piperidine rings is 2. The van der Waals surface area contributed by atoms with Crippen molar-refractivity contribution in [3.05, 3.63) is 83.9 Å². The number of carbonyl (C=O) groups is 2. The molecule has 8 rings (SSSR count). The summed E-state index contributed by atoms with van der Waals surface area (Å²) in [6, 6.07) is 17.7. The van der Waals surface area contributed by atoms with E-state index in [9.17, 15) is 41.0 Å². The predicted octanol–water partition coefficient (Wildman–Crippen LogP) is 14.5. The van der Waals surface area contributed by atoms with Gasteiger partial charge >= 0.3 is 24.3 Å². The van der Waals surface area contributed by atoms with E-state index in [2.05, 4.69) is 41.5 Å². The number of fused-ring (bicyclic) bond motifs is 2. The van der Waals surface area contributed by atoms with Crippen LogP contribution in [0.1, 0.15) is 142 Å². The Balaban J connectivity index is 0.000000209. The van der Waals surface area contributed by atoms with Crippen molar-refractivity contribution in [3.63, 3.8) is 0 Å². The fourth-order valence-electron chi connectivity index (χ4n) is 11.6. The zero-order valence-corrected chi connectivity index (χ0v) is 42.5. The highest BCUT2D eigenvalue weighted by molar-refractivity contribution is 5.85. The number of nitrogens with zero attached hydrogens (tertiary/aromatic N) is 2. The van der Waals surface area contributed by atoms with E-state index in [1.807, 2.05) is 36.4 Å². The SMILES string of the molecule is CC(C)(C)C1CCC(Oc2ccc3cc(C(N4CCC(C(=O)O)CC4)C(F)(F)F)ccc3c2)CC1.COC(=O)C1CCN(C(c2ccc3cc(OC4CCC(C(C)(C)C)CC4)ccc3c2)C(F)(F)F)CC1. The number of methoxy groups -OCH3 is 1. The Morgan fingerprint density at radius 1 is 0.507 bits per heavy atom. The van der Waals surface area contributed by atoms with Crippen LogP contribution in [0, 0.1) is 34.5 Å². The first-order chi connectivity index (χ1) is 33.4. The number of carboxylic acid groups (broad SMARTS) is 1. The molecule has 0 spiro atoms. The summed E-state index contributed by atoms with van der Waals surface area (Å²) >= 11 is 0. The monoisotopic (exact) mass is 997 g/mol. The second kappa shape index (κ2) is 22.3. The molecule has 0 aromatic heterocycles. The summed E-state index contributed by atoms with van der Waals surface area (Å²) in [7, 11) is 1.32. The first kappa shape index (κ1) is 54.2. The van der Waals surface area contributed by atoms with Crippen LogP contribution in [0.2, 0.25) is 0 Å². The van der Waals surface area contributed by atoms with Crippen LogP contribution in [-0.4, -0.2) is 84.7 Å². The van der Waals surface area contributed by atoms with E-state index >= 15 is 0 Å². The van der Waals surface area contributed by atoms with Gasteiger partial charge in [-0.2, -0.15) is 26.3 Å². The van der Waals surface area contributed by atoms with Crippen LogP contribution in [0.5, 0.6) is 11.5 Å². The Labute approximate surface area is 415 Å². The standard InChI is InChI=1S/C29H38F3NO3.C28H36F3NO3/c1-28(2,3)23-8-11-24(12-9-23)36-25-10-7-20-17-22(6-5-21(20)18-25)26(29(30,31)32)33-15-13-19(14-16-33)27(34)35-4;1-27(2,3)22-7-10-23(11-8-22)35-24-9-6-19-16-21(5-4-20(19)17-24)25(28(29,30)31)32-14-12-18(13-15-32)26(33)34/h5-7,10,17-19,23-24,26H,8-9,11-16H2,1-4H3;4-6,9,16-18,22-23,25H,7-8,10-15H2,1-3H3,(H,33,34). The lowest BCUT2D eigenvalue weighted by Gasteiger charge is -2.38. The smallest absolute Gasteiger partial charge is 0.408 e. The zero-order valence-electron chi connectivity index (χ0n) is 42.5. The van der Waals surface area contributed by atoms with Crippen LogP contribution >= 0.6 is 0 Å². The number of hydrogen-bond donors (Lipinski definition) is 1. The predicted molar refractivity (Wildman–Crippen MR) is 265 cm³/mol. The number of halogens is 6. The van der Waals surface area contributed by atoms with Gasteiger partial charge in [0, 0.05) is 0 Å². The van der Waals surface area contributed by atoms with E-state index in [1.54, 1.807) is 36.4 Å². The van der Waals surface area contributed by atoms with E-state index in [1.165, 1.54) is 16.9 Å². The number of esters is 1. The molecule has 4 fully saturated rings. The zero-order chi connectivity index (χ0) is 51.5. The molecule has 2 atom stereocenters. The second-order valence-corrected chi connectivity index (χ2v) is 22.8. The van der Waals surface area contributed by atoms with Gasteiger partial charge in [-0.05, 0) is 195 Å². The fraction of sp³-hybridized carbons (Fsp3) is 0.614. The number of aliphatic carboxylic acids is 1. The van der Waals surface area contributed by atoms with Crippen molar-refractivity contribution >= 4 is 33.5 Å². The molecule has 2 saturated carbocycles. The molecule has 71 heavy (non-hydrogen) atoms. The first-order valence-electron chi connectivity index (χ1n) is 25.7. The van der Waals surface area contributed by atoms with E-state index in [0.29, 0.717) is 35.5 Å². The highest BCUT2D eigenvalue weighted by atomic mass is 19.4. The largest absolute Gasteiger partial charge is 0.490 e. The molecule has 2 heterocycles. The molecule has 0 radical (unpaired) electrons. The number of rotatable bonds is 10. The number of carboxylic acids is 1. The van der Waals surface area contributed by atoms with Crippen molar-refractivity contribution in [3.8, 4) is 11.5 Å². The number of ether oxygens (including phenoxy) is 3. The Morgan fingerprint density at radius 3 is 1.17 bits per heavy atom. The molecule has 390 valence electrons. The van der Waals surface area contributed by atoms with Gasteiger partial charge in [0.05, 0.1) is 31.2 Å². The minimum atomic E-state index is -4.45. The highest BCUT2D eigenvalue weighted by Crippen LogP contribution is 2.44. The number of alkyl halides is 6. The van der Waals surface area contributed by atoms with Crippen LogP contribution in [0.4, 0.5) is 26.3 Å². The minimum absolute atomic E-state index is 0.115. The first-order valence-corrected chi connectivity index (χ1v) is 25.7. The average molecular weight is 997 g/mol. The molecule has 8 nitrogen and oxygen atoms in total. The van der Waals surface area contributed by atoms with E-state index < -0.39 is 36.3 Å². The molecule has 0 amide bonds. The minimum Gasteiger partial charge on any atom is -0.490 e. The third-order valence-electron chi connectivity index (χ3n) is 16.0. The van der Waals surface area contributed by atoms with Gasteiger partial charge in [-0.15, -0.1) is 0 Å². The van der Waals surface area contributed by atoms with Crippen LogP contribution < -0.4 is 9.47 Å². The summed E-state index contributed by atoms with van der Waals surface area (Å²) in [5, 5.41) is 12.4. The van der Waals surface area contributed by atoms with Crippen molar-refractivity contribution in [2.45, 2.75) is 155 Å². The Kier molecular flexibility index (Phi) is 17.0. The molecule has 2 unspecified atom stereocenters. The fourth-order valence-corrected chi connectivity index (χ4v) is 11.6. The molecule has 4 aromatic rings. The van der Waals surface area contributed by atoms with Gasteiger partial charge in [-0.3, -0.25) is 19.4 Å². The summed E-state index contributed by atoms with van der Waals surface area (Å²) < 4.78 is 102. The quantitative estimate of drug-likeness (QED) is 0.124. The van der Waals surface area contributed by atoms with Crippen LogP contribution in [0.3, 0.4) is 0 Å². The average Bonchev–Trinajstić information content (AvgIpc) is 3.31. The molecule has 4 aromatic carbocycles. The molecule has 4 aliphatic rings. The van der Waals surface area contributed by atoms with E-state index in [0.717, 1.165) is 84.4 Å². The summed E-state index contributed by atoms with van der Waals surface area (Å²) in [5.41, 5.74) is 1.04. The molecule has 2 aliphatic carbocycles. The molecule has 14 heteroatoms. The second-order valence-electron chi connectivity index (χ2n) is 22.8. The normalized spacial score (nSPS) is 23.6. The van der Waals surface area contributed by atoms with E-state index in [4.69, 9.17) is 14.2 Å². The molecule has 2 saturated heterocycles.